The zero-order valence-electron chi connectivity index (χ0n) is 9.93. The number of amides is 1. The number of carbonyl (C=O) groups is 1. The second-order valence-electron chi connectivity index (χ2n) is 4.51. The average molecular weight is 245 g/mol. The van der Waals surface area contributed by atoms with E-state index in [0.717, 1.165) is 12.8 Å². The van der Waals surface area contributed by atoms with Crippen LogP contribution in [0.1, 0.15) is 32.6 Å². The average Bonchev–Trinajstić information content (AvgIpc) is 2.26. The summed E-state index contributed by atoms with van der Waals surface area (Å²) in [7, 11) is 0. The minimum absolute atomic E-state index is 0.159. The molecule has 0 saturated heterocycles. The molecule has 1 aliphatic rings. The van der Waals surface area contributed by atoms with Gasteiger partial charge in [-0.15, -0.1) is 10.1 Å². The maximum atomic E-state index is 11.2. The molecule has 1 fully saturated rings. The van der Waals surface area contributed by atoms with E-state index in [4.69, 9.17) is 5.73 Å². The van der Waals surface area contributed by atoms with Gasteiger partial charge in [0, 0.05) is 6.54 Å². The van der Waals surface area contributed by atoms with Gasteiger partial charge in [-0.05, 0) is 38.5 Å². The monoisotopic (exact) mass is 245 g/mol. The van der Waals surface area contributed by atoms with Crippen LogP contribution in [-0.4, -0.2) is 29.7 Å². The quantitative estimate of drug-likeness (QED) is 0.532. The van der Waals surface area contributed by atoms with Gasteiger partial charge in [0.15, 0.2) is 0 Å². The Balaban J connectivity index is 2.19. The van der Waals surface area contributed by atoms with Crippen molar-refractivity contribution in [2.75, 3.05) is 6.54 Å². The first-order chi connectivity index (χ1) is 7.99. The molecule has 17 heavy (non-hydrogen) atoms. The summed E-state index contributed by atoms with van der Waals surface area (Å²) in [5.74, 6) is 0.206. The fourth-order valence-corrected chi connectivity index (χ4v) is 1.97. The lowest BCUT2D eigenvalue weighted by atomic mass is 9.87. The van der Waals surface area contributed by atoms with Crippen molar-refractivity contribution in [1.82, 2.24) is 5.32 Å². The topological polar surface area (TPSA) is 107 Å². The minimum Gasteiger partial charge on any atom is -0.354 e. The van der Waals surface area contributed by atoms with E-state index in [0.29, 0.717) is 25.3 Å². The number of nitrogens with one attached hydrogen (secondary N) is 1. The number of hydrogen-bond acceptors (Lipinski definition) is 5. The van der Waals surface area contributed by atoms with E-state index in [2.05, 4.69) is 10.2 Å². The van der Waals surface area contributed by atoms with Crippen LogP contribution in [0, 0.1) is 16.0 Å². The van der Waals surface area contributed by atoms with Crippen LogP contribution >= 0.6 is 0 Å². The molecule has 1 saturated carbocycles. The Bertz CT molecular complexity index is 275. The highest BCUT2D eigenvalue weighted by Gasteiger charge is 2.24. The minimum atomic E-state index is -0.733. The predicted octanol–water partition coefficient (Wildman–Crippen LogP) is 0.217. The molecule has 7 heteroatoms. The smallest absolute Gasteiger partial charge is 0.294 e. The fraction of sp³-hybridized carbons (Fsp3) is 0.900. The van der Waals surface area contributed by atoms with Crippen molar-refractivity contribution >= 4 is 5.91 Å². The highest BCUT2D eigenvalue weighted by molar-refractivity contribution is 5.80. The van der Waals surface area contributed by atoms with Crippen molar-refractivity contribution in [3.63, 3.8) is 0 Å². The summed E-state index contributed by atoms with van der Waals surface area (Å²) >= 11 is 0. The van der Waals surface area contributed by atoms with E-state index in [1.165, 1.54) is 0 Å². The van der Waals surface area contributed by atoms with Crippen LogP contribution in [0.15, 0.2) is 0 Å². The van der Waals surface area contributed by atoms with Crippen molar-refractivity contribution in [2.24, 2.45) is 11.7 Å². The van der Waals surface area contributed by atoms with Crippen LogP contribution in [-0.2, 0) is 9.63 Å². The van der Waals surface area contributed by atoms with Crippen molar-refractivity contribution in [3.8, 4) is 0 Å². The summed E-state index contributed by atoms with van der Waals surface area (Å²) in [6.07, 6.45) is 2.71. The third-order valence-corrected chi connectivity index (χ3v) is 3.01. The van der Waals surface area contributed by atoms with Gasteiger partial charge in [-0.3, -0.25) is 4.79 Å². The van der Waals surface area contributed by atoms with Crippen LogP contribution in [0.5, 0.6) is 0 Å². The summed E-state index contributed by atoms with van der Waals surface area (Å²) < 4.78 is 0. The van der Waals surface area contributed by atoms with Gasteiger partial charge in [-0.25, -0.2) is 0 Å². The molecule has 0 heterocycles. The standard InChI is InChI=1S/C10H19N3O4/c1-7(11)10(14)12-6-8-2-4-9(5-3-8)17-13(15)16/h7-9H,2-6,11H2,1H3,(H,12,14). The number of hydrogen-bond donors (Lipinski definition) is 2. The highest BCUT2D eigenvalue weighted by Crippen LogP contribution is 2.25. The Hall–Kier alpha value is -1.37. The Kier molecular flexibility index (Phi) is 5.14. The number of rotatable bonds is 5. The molecule has 0 spiro atoms. The summed E-state index contributed by atoms with van der Waals surface area (Å²) in [6.45, 7) is 2.22. The zero-order chi connectivity index (χ0) is 12.8. The Morgan fingerprint density at radius 3 is 2.59 bits per heavy atom. The molecular formula is C10H19N3O4. The first kappa shape index (κ1) is 13.7. The van der Waals surface area contributed by atoms with E-state index in [1.807, 2.05) is 0 Å². The third kappa shape index (κ3) is 4.99. The van der Waals surface area contributed by atoms with Crippen LogP contribution in [0.3, 0.4) is 0 Å². The lowest BCUT2D eigenvalue weighted by molar-refractivity contribution is -0.769. The Morgan fingerprint density at radius 2 is 2.12 bits per heavy atom. The fourth-order valence-electron chi connectivity index (χ4n) is 1.97. The van der Waals surface area contributed by atoms with Gasteiger partial charge in [-0.1, -0.05) is 0 Å². The molecule has 0 bridgehead atoms. The Labute approximate surface area is 99.8 Å². The largest absolute Gasteiger partial charge is 0.354 e. The summed E-state index contributed by atoms with van der Waals surface area (Å²) in [5.41, 5.74) is 5.42. The molecule has 98 valence electrons. The van der Waals surface area contributed by atoms with E-state index in [9.17, 15) is 14.9 Å². The SMILES string of the molecule is CC(N)C(=O)NCC1CCC(O[N+](=O)[O-])CC1. The van der Waals surface area contributed by atoms with E-state index in [-0.39, 0.29) is 12.0 Å². The first-order valence-corrected chi connectivity index (χ1v) is 5.83. The molecule has 1 amide bonds. The number of nitrogens with two attached hydrogens (primary N) is 1. The van der Waals surface area contributed by atoms with Crippen molar-refractivity contribution in [2.45, 2.75) is 44.8 Å². The summed E-state index contributed by atoms with van der Waals surface area (Å²) in [6, 6.07) is -0.496. The van der Waals surface area contributed by atoms with Crippen molar-refractivity contribution in [1.29, 1.82) is 0 Å². The summed E-state index contributed by atoms with van der Waals surface area (Å²) in [4.78, 5) is 25.9. The molecule has 1 atom stereocenters. The maximum absolute atomic E-state index is 11.2. The second kappa shape index (κ2) is 6.39. The molecule has 7 nitrogen and oxygen atoms in total. The number of carbonyl (C=O) groups excluding carboxylic acids is 1. The normalized spacial score (nSPS) is 26.0. The van der Waals surface area contributed by atoms with Crippen molar-refractivity contribution < 1.29 is 14.7 Å². The molecule has 1 rings (SSSR count). The molecule has 0 radical (unpaired) electrons. The lowest BCUT2D eigenvalue weighted by Gasteiger charge is -2.27. The van der Waals surface area contributed by atoms with Gasteiger partial charge < -0.3 is 15.9 Å². The van der Waals surface area contributed by atoms with E-state index < -0.39 is 11.1 Å². The van der Waals surface area contributed by atoms with Crippen LogP contribution in [0.25, 0.3) is 0 Å². The number of nitrogens with zero attached hydrogens (tertiary/aromatic N) is 1. The molecule has 1 aliphatic carbocycles. The van der Waals surface area contributed by atoms with Gasteiger partial charge in [0.25, 0.3) is 5.09 Å². The summed E-state index contributed by atoms with van der Waals surface area (Å²) in [5, 5.41) is 12.2. The molecule has 0 aromatic rings. The van der Waals surface area contributed by atoms with E-state index >= 15 is 0 Å². The molecule has 3 N–H and O–H groups in total. The molecular weight excluding hydrogens is 226 g/mol. The first-order valence-electron chi connectivity index (χ1n) is 5.83. The van der Waals surface area contributed by atoms with Gasteiger partial charge in [-0.2, -0.15) is 0 Å². The predicted molar refractivity (Wildman–Crippen MR) is 60.5 cm³/mol. The van der Waals surface area contributed by atoms with Crippen LogP contribution in [0.4, 0.5) is 0 Å². The second-order valence-corrected chi connectivity index (χ2v) is 4.51. The molecule has 1 unspecified atom stereocenters. The highest BCUT2D eigenvalue weighted by atomic mass is 17.0. The van der Waals surface area contributed by atoms with Gasteiger partial charge in [0.1, 0.15) is 6.10 Å². The van der Waals surface area contributed by atoms with Crippen LogP contribution in [0.2, 0.25) is 0 Å². The van der Waals surface area contributed by atoms with Crippen molar-refractivity contribution in [3.05, 3.63) is 10.1 Å². The van der Waals surface area contributed by atoms with Gasteiger partial charge in [0.05, 0.1) is 6.04 Å². The van der Waals surface area contributed by atoms with Gasteiger partial charge >= 0.3 is 0 Å². The van der Waals surface area contributed by atoms with Gasteiger partial charge in [0.2, 0.25) is 5.91 Å². The third-order valence-electron chi connectivity index (χ3n) is 3.01. The van der Waals surface area contributed by atoms with Crippen LogP contribution < -0.4 is 11.1 Å². The van der Waals surface area contributed by atoms with E-state index in [1.54, 1.807) is 6.92 Å². The molecule has 0 aromatic carbocycles. The Morgan fingerprint density at radius 1 is 1.53 bits per heavy atom. The molecule has 0 aliphatic heterocycles. The maximum Gasteiger partial charge on any atom is 0.294 e. The lowest BCUT2D eigenvalue weighted by Crippen LogP contribution is -2.41. The molecule has 0 aromatic heterocycles. The zero-order valence-corrected chi connectivity index (χ0v) is 9.93.